The van der Waals surface area contributed by atoms with Crippen molar-refractivity contribution in [3.05, 3.63) is 64.3 Å². The molecule has 1 atom stereocenters. The van der Waals surface area contributed by atoms with E-state index in [0.717, 1.165) is 51.8 Å². The van der Waals surface area contributed by atoms with Crippen LogP contribution in [0, 0.1) is 6.92 Å². The van der Waals surface area contributed by atoms with Crippen molar-refractivity contribution in [3.63, 3.8) is 0 Å². The van der Waals surface area contributed by atoms with Crippen molar-refractivity contribution in [1.29, 1.82) is 0 Å². The number of pyridine rings is 1. The first kappa shape index (κ1) is 22.6. The number of hydrogen-bond donors (Lipinski definition) is 0. The van der Waals surface area contributed by atoms with Crippen molar-refractivity contribution in [3.8, 4) is 5.75 Å². The van der Waals surface area contributed by atoms with Gasteiger partial charge in [-0.1, -0.05) is 28.1 Å². The summed E-state index contributed by atoms with van der Waals surface area (Å²) >= 11 is 3.51. The molecule has 1 amide bonds. The van der Waals surface area contributed by atoms with Gasteiger partial charge in [-0.25, -0.2) is 4.79 Å². The Hall–Kier alpha value is -2.64. The number of carbonyl (C=O) groups excluding carboxylic acids is 1. The first-order chi connectivity index (χ1) is 15.4. The number of nitrogens with zero attached hydrogens (tertiary/aromatic N) is 3. The minimum Gasteiger partial charge on any atom is -0.495 e. The molecule has 6 nitrogen and oxygen atoms in total. The quantitative estimate of drug-likeness (QED) is 0.427. The van der Waals surface area contributed by atoms with E-state index in [1.165, 1.54) is 5.56 Å². The monoisotopic (exact) mass is 497 g/mol. The molecular formula is C25H28BrN3O3. The third-order valence-corrected chi connectivity index (χ3v) is 6.74. The van der Waals surface area contributed by atoms with Gasteiger partial charge in [0.05, 0.1) is 25.4 Å². The van der Waals surface area contributed by atoms with Gasteiger partial charge in [-0.15, -0.1) is 0 Å². The van der Waals surface area contributed by atoms with E-state index in [2.05, 4.69) is 51.1 Å². The van der Waals surface area contributed by atoms with Crippen molar-refractivity contribution in [2.45, 2.75) is 25.9 Å². The molecule has 0 spiro atoms. The molecule has 0 bridgehead atoms. The van der Waals surface area contributed by atoms with Crippen LogP contribution in [-0.4, -0.2) is 55.9 Å². The Kier molecular flexibility index (Phi) is 6.96. The zero-order valence-electron chi connectivity index (χ0n) is 18.7. The molecule has 7 heteroatoms. The number of benzene rings is 2. The van der Waals surface area contributed by atoms with Crippen LogP contribution in [0.25, 0.3) is 10.9 Å². The Labute approximate surface area is 197 Å². The van der Waals surface area contributed by atoms with Gasteiger partial charge in [-0.3, -0.25) is 9.88 Å². The highest BCUT2D eigenvalue weighted by Crippen LogP contribution is 2.27. The molecule has 4 rings (SSSR count). The summed E-state index contributed by atoms with van der Waals surface area (Å²) in [6, 6.07) is 14.2. The molecule has 0 aliphatic carbocycles. The highest BCUT2D eigenvalue weighted by Gasteiger charge is 2.33. The second-order valence-corrected chi connectivity index (χ2v) is 9.13. The summed E-state index contributed by atoms with van der Waals surface area (Å²) in [6.45, 7) is 4.21. The Morgan fingerprint density at radius 2 is 2.12 bits per heavy atom. The molecule has 0 radical (unpaired) electrons. The number of fused-ring (bicyclic) bond motifs is 1. The van der Waals surface area contributed by atoms with E-state index in [-0.39, 0.29) is 12.2 Å². The molecule has 1 fully saturated rings. The number of halogens is 1. The predicted molar refractivity (Wildman–Crippen MR) is 131 cm³/mol. The molecule has 0 saturated carbocycles. The maximum atomic E-state index is 12.4. The molecule has 1 saturated heterocycles. The normalized spacial score (nSPS) is 16.1. The fourth-order valence-electron chi connectivity index (χ4n) is 4.12. The smallest absolute Gasteiger partial charge is 0.414 e. The van der Waals surface area contributed by atoms with Crippen molar-refractivity contribution in [2.24, 2.45) is 0 Å². The van der Waals surface area contributed by atoms with E-state index in [9.17, 15) is 4.79 Å². The van der Waals surface area contributed by atoms with Gasteiger partial charge in [0.15, 0.2) is 0 Å². The average Bonchev–Trinajstić information content (AvgIpc) is 3.15. The molecule has 0 unspecified atom stereocenters. The maximum absolute atomic E-state index is 12.4. The number of methoxy groups -OCH3 is 1. The number of rotatable bonds is 8. The van der Waals surface area contributed by atoms with Crippen LogP contribution in [-0.2, 0) is 11.2 Å². The summed E-state index contributed by atoms with van der Waals surface area (Å²) in [5, 5.41) is 1.14. The molecular weight excluding hydrogens is 470 g/mol. The molecule has 2 heterocycles. The summed E-state index contributed by atoms with van der Waals surface area (Å²) in [6.07, 6.45) is 3.29. The standard InChI is InChI=1S/C25H28BrN3O3/c1-17-12-19(9-10-23(17)26)29-16-21(32-25(29)30)15-28(2)11-5-7-18-6-4-8-24-22(18)13-20(31-3)14-27-24/h4,6,8-10,12-14,21H,5,7,11,15-16H2,1-3H3/t21-/m1/s1. The van der Waals surface area contributed by atoms with Gasteiger partial charge in [0.2, 0.25) is 0 Å². The van der Waals surface area contributed by atoms with E-state index in [1.807, 2.05) is 31.2 Å². The fourth-order valence-corrected chi connectivity index (χ4v) is 4.37. The minimum atomic E-state index is -0.276. The molecule has 1 aliphatic rings. The van der Waals surface area contributed by atoms with Gasteiger partial charge < -0.3 is 14.4 Å². The molecule has 32 heavy (non-hydrogen) atoms. The maximum Gasteiger partial charge on any atom is 0.414 e. The average molecular weight is 498 g/mol. The molecule has 0 N–H and O–H groups in total. The van der Waals surface area contributed by atoms with Crippen LogP contribution in [0.1, 0.15) is 17.5 Å². The molecule has 1 aromatic heterocycles. The number of aryl methyl sites for hydroxylation is 2. The van der Waals surface area contributed by atoms with Gasteiger partial charge in [-0.2, -0.15) is 0 Å². The number of hydrogen-bond acceptors (Lipinski definition) is 5. The lowest BCUT2D eigenvalue weighted by Crippen LogP contribution is -2.33. The van der Waals surface area contributed by atoms with E-state index in [1.54, 1.807) is 18.2 Å². The molecule has 3 aromatic rings. The summed E-state index contributed by atoms with van der Waals surface area (Å²) in [4.78, 5) is 20.8. The summed E-state index contributed by atoms with van der Waals surface area (Å²) in [5.41, 5.74) is 4.22. The van der Waals surface area contributed by atoms with Gasteiger partial charge in [0.25, 0.3) is 0 Å². The lowest BCUT2D eigenvalue weighted by atomic mass is 10.0. The van der Waals surface area contributed by atoms with Crippen LogP contribution >= 0.6 is 15.9 Å². The first-order valence-corrected chi connectivity index (χ1v) is 11.6. The Balaban J connectivity index is 1.31. The predicted octanol–water partition coefficient (Wildman–Crippen LogP) is 5.20. The highest BCUT2D eigenvalue weighted by atomic mass is 79.9. The number of ether oxygens (including phenoxy) is 2. The SMILES string of the molecule is COc1cnc2cccc(CCCN(C)C[C@@H]3CN(c4ccc(Br)c(C)c4)C(=O)O3)c2c1. The number of likely N-dealkylation sites (N-methyl/N-ethyl adjacent to an activating group) is 1. The van der Waals surface area contributed by atoms with Crippen molar-refractivity contribution in [1.82, 2.24) is 9.88 Å². The zero-order valence-corrected chi connectivity index (χ0v) is 20.3. The number of anilines is 1. The second kappa shape index (κ2) is 9.88. The van der Waals surface area contributed by atoms with Crippen LogP contribution in [0.2, 0.25) is 0 Å². The van der Waals surface area contributed by atoms with Gasteiger partial charge in [-0.05, 0) is 74.8 Å². The third-order valence-electron chi connectivity index (χ3n) is 5.86. The molecule has 2 aromatic carbocycles. The van der Waals surface area contributed by atoms with Crippen molar-refractivity contribution < 1.29 is 14.3 Å². The largest absolute Gasteiger partial charge is 0.495 e. The zero-order chi connectivity index (χ0) is 22.7. The van der Waals surface area contributed by atoms with Gasteiger partial charge in [0.1, 0.15) is 11.9 Å². The lowest BCUT2D eigenvalue weighted by molar-refractivity contribution is 0.117. The van der Waals surface area contributed by atoms with Crippen molar-refractivity contribution in [2.75, 3.05) is 38.7 Å². The van der Waals surface area contributed by atoms with Gasteiger partial charge in [0, 0.05) is 22.1 Å². The number of carbonyl (C=O) groups is 1. The summed E-state index contributed by atoms with van der Waals surface area (Å²) in [7, 11) is 3.74. The molecule has 168 valence electrons. The van der Waals surface area contributed by atoms with Crippen LogP contribution in [0.5, 0.6) is 5.75 Å². The van der Waals surface area contributed by atoms with Crippen LogP contribution in [0.3, 0.4) is 0 Å². The van der Waals surface area contributed by atoms with Crippen molar-refractivity contribution >= 4 is 38.6 Å². The second-order valence-electron chi connectivity index (χ2n) is 8.27. The van der Waals surface area contributed by atoms with E-state index >= 15 is 0 Å². The minimum absolute atomic E-state index is 0.137. The number of cyclic esters (lactones) is 1. The van der Waals surface area contributed by atoms with Crippen LogP contribution < -0.4 is 9.64 Å². The highest BCUT2D eigenvalue weighted by molar-refractivity contribution is 9.10. The molecule has 1 aliphatic heterocycles. The van der Waals surface area contributed by atoms with Gasteiger partial charge >= 0.3 is 6.09 Å². The topological polar surface area (TPSA) is 54.9 Å². The third kappa shape index (κ3) is 5.05. The summed E-state index contributed by atoms with van der Waals surface area (Å²) < 4.78 is 12.0. The Morgan fingerprint density at radius 3 is 2.91 bits per heavy atom. The van der Waals surface area contributed by atoms with E-state index < -0.39 is 0 Å². The van der Waals surface area contributed by atoms with E-state index in [0.29, 0.717) is 13.1 Å². The Morgan fingerprint density at radius 1 is 1.28 bits per heavy atom. The summed E-state index contributed by atoms with van der Waals surface area (Å²) in [5.74, 6) is 0.774. The number of amides is 1. The Bertz CT molecular complexity index is 1120. The van der Waals surface area contributed by atoms with Crippen LogP contribution in [0.4, 0.5) is 10.5 Å². The lowest BCUT2D eigenvalue weighted by Gasteiger charge is -2.20. The first-order valence-electron chi connectivity index (χ1n) is 10.8. The fraction of sp³-hybridized carbons (Fsp3) is 0.360. The van der Waals surface area contributed by atoms with E-state index in [4.69, 9.17) is 9.47 Å². The van der Waals surface area contributed by atoms with Crippen LogP contribution in [0.15, 0.2) is 53.1 Å². The number of aromatic nitrogens is 1.